The fourth-order valence-electron chi connectivity index (χ4n) is 1.01. The molecule has 0 saturated heterocycles. The van der Waals surface area contributed by atoms with Crippen LogP contribution in [0.15, 0.2) is 18.2 Å². The van der Waals surface area contributed by atoms with Crippen molar-refractivity contribution in [3.05, 3.63) is 29.0 Å². The maximum absolute atomic E-state index is 10.7. The average molecular weight is 224 g/mol. The van der Waals surface area contributed by atoms with Crippen molar-refractivity contribution in [2.24, 2.45) is 5.73 Å². The molecule has 1 aromatic rings. The van der Waals surface area contributed by atoms with Gasteiger partial charge in [-0.1, -0.05) is 0 Å². The number of benzene rings is 1. The summed E-state index contributed by atoms with van der Waals surface area (Å²) >= 11 is 4.60. The first-order valence-corrected chi connectivity index (χ1v) is 4.29. The maximum atomic E-state index is 10.7. The zero-order valence-electron chi connectivity index (χ0n) is 7.52. The normalized spacial score (nSPS) is 11.5. The highest BCUT2D eigenvalue weighted by molar-refractivity contribution is 7.80. The summed E-state index contributed by atoms with van der Waals surface area (Å²) in [4.78, 5) is 0. The Hall–Kier alpha value is -1.72. The largest absolute Gasteiger partial charge is 0.595 e. The first-order chi connectivity index (χ1) is 7.04. The number of nitrogens with two attached hydrogens (primary N) is 1. The zero-order valence-corrected chi connectivity index (χ0v) is 8.34. The minimum atomic E-state index is -1.08. The van der Waals surface area contributed by atoms with Gasteiger partial charge in [0.1, 0.15) is 6.07 Å². The summed E-state index contributed by atoms with van der Waals surface area (Å²) in [6.07, 6.45) is 0. The summed E-state index contributed by atoms with van der Waals surface area (Å²) < 4.78 is 0. The van der Waals surface area contributed by atoms with Crippen molar-refractivity contribution in [1.82, 2.24) is 0 Å². The third kappa shape index (κ3) is 2.87. The van der Waals surface area contributed by atoms with Crippen molar-refractivity contribution in [3.63, 3.8) is 0 Å². The number of thiocarbonyl (C=S) groups is 1. The lowest BCUT2D eigenvalue weighted by molar-refractivity contribution is -0.991. The number of rotatable bonds is 2. The molecule has 0 spiro atoms. The Kier molecular flexibility index (Phi) is 3.54. The number of hydrogen-bond acceptors (Lipinski definition) is 4. The fraction of sp³-hybridized carbons (Fsp3) is 0. The van der Waals surface area contributed by atoms with E-state index in [1.807, 2.05) is 6.07 Å². The zero-order chi connectivity index (χ0) is 11.4. The van der Waals surface area contributed by atoms with E-state index in [0.29, 0.717) is 5.69 Å². The van der Waals surface area contributed by atoms with E-state index in [-0.39, 0.29) is 16.4 Å². The second-order valence-corrected chi connectivity index (χ2v) is 3.11. The molecule has 7 heteroatoms. The van der Waals surface area contributed by atoms with Gasteiger partial charge >= 0.3 is 0 Å². The van der Waals surface area contributed by atoms with Crippen molar-refractivity contribution < 1.29 is 10.4 Å². The molecule has 1 rings (SSSR count). The molecule has 5 N–H and O–H groups in total. The number of nitrogens with one attached hydrogen (secondary N) is 2. The van der Waals surface area contributed by atoms with Crippen LogP contribution in [-0.4, -0.2) is 10.3 Å². The Morgan fingerprint density at radius 2 is 2.33 bits per heavy atom. The molecular formula is C8H8N4O2S. The van der Waals surface area contributed by atoms with Crippen LogP contribution >= 0.6 is 12.2 Å². The fourth-order valence-corrected chi connectivity index (χ4v) is 1.12. The van der Waals surface area contributed by atoms with Crippen molar-refractivity contribution in [2.75, 3.05) is 5.32 Å². The Morgan fingerprint density at radius 1 is 1.67 bits per heavy atom. The van der Waals surface area contributed by atoms with Crippen molar-refractivity contribution in [3.8, 4) is 6.07 Å². The summed E-state index contributed by atoms with van der Waals surface area (Å²) in [6, 6.07) is 5.93. The molecule has 0 aromatic heterocycles. The summed E-state index contributed by atoms with van der Waals surface area (Å²) in [7, 11) is 0. The summed E-state index contributed by atoms with van der Waals surface area (Å²) in [5, 5.41) is 29.6. The van der Waals surface area contributed by atoms with E-state index in [4.69, 9.17) is 16.2 Å². The van der Waals surface area contributed by atoms with Crippen molar-refractivity contribution >= 4 is 28.7 Å². The van der Waals surface area contributed by atoms with Gasteiger partial charge in [0, 0.05) is 12.1 Å². The van der Waals surface area contributed by atoms with Gasteiger partial charge in [0.2, 0.25) is 0 Å². The third-order valence-electron chi connectivity index (χ3n) is 1.64. The SMILES string of the molecule is N#Cc1ccc([NH+]([O-])O)cc1NC(N)=S. The van der Waals surface area contributed by atoms with Crippen LogP contribution in [0.3, 0.4) is 0 Å². The minimum absolute atomic E-state index is 0.0194. The number of nitriles is 1. The van der Waals surface area contributed by atoms with E-state index in [1.165, 1.54) is 18.2 Å². The smallest absolute Gasteiger partial charge is 0.168 e. The predicted molar refractivity (Wildman–Crippen MR) is 57.3 cm³/mol. The van der Waals surface area contributed by atoms with Gasteiger partial charge in [-0.05, 0) is 18.3 Å². The molecule has 0 radical (unpaired) electrons. The highest BCUT2D eigenvalue weighted by Gasteiger charge is 2.07. The molecule has 0 aliphatic carbocycles. The molecule has 15 heavy (non-hydrogen) atoms. The molecule has 6 nitrogen and oxygen atoms in total. The lowest BCUT2D eigenvalue weighted by Gasteiger charge is -2.13. The summed E-state index contributed by atoms with van der Waals surface area (Å²) in [5.41, 5.74) is 5.88. The monoisotopic (exact) mass is 224 g/mol. The van der Waals surface area contributed by atoms with Gasteiger partial charge < -0.3 is 16.3 Å². The Bertz CT molecular complexity index is 427. The Labute approximate surface area is 91.1 Å². The highest BCUT2D eigenvalue weighted by atomic mass is 32.1. The molecule has 1 atom stereocenters. The topological polar surface area (TPSA) is 110 Å². The van der Waals surface area contributed by atoms with Crippen LogP contribution in [0, 0.1) is 16.5 Å². The van der Waals surface area contributed by atoms with E-state index < -0.39 is 5.23 Å². The molecule has 0 bridgehead atoms. The van der Waals surface area contributed by atoms with Gasteiger partial charge in [0.25, 0.3) is 0 Å². The van der Waals surface area contributed by atoms with Crippen molar-refractivity contribution in [2.45, 2.75) is 0 Å². The second kappa shape index (κ2) is 4.68. The third-order valence-corrected chi connectivity index (χ3v) is 1.75. The van der Waals surface area contributed by atoms with E-state index >= 15 is 0 Å². The molecule has 0 heterocycles. The second-order valence-electron chi connectivity index (χ2n) is 2.67. The average Bonchev–Trinajstić information content (AvgIpc) is 2.16. The maximum Gasteiger partial charge on any atom is 0.168 e. The number of quaternary nitrogens is 1. The van der Waals surface area contributed by atoms with E-state index in [1.54, 1.807) is 0 Å². The van der Waals surface area contributed by atoms with Crippen LogP contribution in [0.5, 0.6) is 0 Å². The van der Waals surface area contributed by atoms with Gasteiger partial charge in [-0.2, -0.15) is 10.5 Å². The molecule has 78 valence electrons. The molecule has 0 aliphatic heterocycles. The Balaban J connectivity index is 3.14. The highest BCUT2D eigenvalue weighted by Crippen LogP contribution is 2.17. The van der Waals surface area contributed by atoms with Crippen LogP contribution in [0.1, 0.15) is 5.56 Å². The number of anilines is 1. The first-order valence-electron chi connectivity index (χ1n) is 3.88. The lowest BCUT2D eigenvalue weighted by Crippen LogP contribution is -2.99. The molecular weight excluding hydrogens is 216 g/mol. The number of nitrogens with zero attached hydrogens (tertiary/aromatic N) is 1. The molecule has 0 aliphatic rings. The molecule has 0 saturated carbocycles. The van der Waals surface area contributed by atoms with Crippen LogP contribution in [-0.2, 0) is 0 Å². The van der Waals surface area contributed by atoms with Gasteiger partial charge in [-0.3, -0.25) is 0 Å². The molecule has 1 aromatic carbocycles. The van der Waals surface area contributed by atoms with E-state index in [2.05, 4.69) is 17.5 Å². The van der Waals surface area contributed by atoms with E-state index in [0.717, 1.165) is 0 Å². The van der Waals surface area contributed by atoms with Crippen LogP contribution < -0.4 is 16.3 Å². The predicted octanol–water partition coefficient (Wildman–Crippen LogP) is -0.383. The van der Waals surface area contributed by atoms with Crippen LogP contribution in [0.4, 0.5) is 11.4 Å². The van der Waals surface area contributed by atoms with Gasteiger partial charge in [0.15, 0.2) is 10.8 Å². The molecule has 0 amide bonds. The minimum Gasteiger partial charge on any atom is -0.595 e. The van der Waals surface area contributed by atoms with E-state index in [9.17, 15) is 5.21 Å². The first kappa shape index (κ1) is 11.4. The van der Waals surface area contributed by atoms with Crippen molar-refractivity contribution in [1.29, 1.82) is 5.26 Å². The molecule has 0 fully saturated rings. The van der Waals surface area contributed by atoms with Gasteiger partial charge in [-0.15, -0.1) is 0 Å². The van der Waals surface area contributed by atoms with Crippen LogP contribution in [0.2, 0.25) is 0 Å². The molecule has 1 unspecified atom stereocenters. The lowest BCUT2D eigenvalue weighted by atomic mass is 10.2. The Morgan fingerprint density at radius 3 is 2.80 bits per heavy atom. The van der Waals surface area contributed by atoms with Gasteiger partial charge in [-0.25, -0.2) is 5.21 Å². The standard InChI is InChI=1S/C8H8N4O2S/c9-4-5-1-2-6(12(13)14)3-7(5)11-8(10)15/h1-3,12-13H,(H3,10,11,15). The quantitative estimate of drug-likeness (QED) is 0.402. The van der Waals surface area contributed by atoms with Gasteiger partial charge in [0.05, 0.1) is 11.3 Å². The number of hydrogen-bond donors (Lipinski definition) is 4. The summed E-state index contributed by atoms with van der Waals surface area (Å²) in [6.45, 7) is 0. The van der Waals surface area contributed by atoms with Crippen LogP contribution in [0.25, 0.3) is 0 Å². The summed E-state index contributed by atoms with van der Waals surface area (Å²) in [5.74, 6) is 0.